The standard InChI is InChI=1S/C6H10N2.C5H13N/c1-2-4-8-5-3-7-6-8;1-2-3-4-5-6/h2,6H,1,3-5H2;2-6H2,1H3. The summed E-state index contributed by atoms with van der Waals surface area (Å²) >= 11 is 0. The lowest BCUT2D eigenvalue weighted by molar-refractivity contribution is 0.519. The second-order valence-corrected chi connectivity index (χ2v) is 3.30. The quantitative estimate of drug-likeness (QED) is 0.538. The summed E-state index contributed by atoms with van der Waals surface area (Å²) in [6, 6.07) is 0. The molecule has 2 N–H and O–H groups in total. The number of rotatable bonds is 5. The van der Waals surface area contributed by atoms with Crippen LogP contribution in [0.15, 0.2) is 17.6 Å². The van der Waals surface area contributed by atoms with Crippen LogP contribution >= 0.6 is 0 Å². The van der Waals surface area contributed by atoms with Gasteiger partial charge in [0.05, 0.1) is 12.9 Å². The molecular formula is C11H23N3. The largest absolute Gasteiger partial charge is 0.357 e. The molecule has 0 aliphatic carbocycles. The van der Waals surface area contributed by atoms with Crippen LogP contribution in [0.5, 0.6) is 0 Å². The van der Waals surface area contributed by atoms with Crippen molar-refractivity contribution in [2.75, 3.05) is 26.2 Å². The van der Waals surface area contributed by atoms with Crippen LogP contribution < -0.4 is 5.73 Å². The second-order valence-electron chi connectivity index (χ2n) is 3.30. The Morgan fingerprint density at radius 3 is 2.71 bits per heavy atom. The third-order valence-electron chi connectivity index (χ3n) is 1.93. The van der Waals surface area contributed by atoms with Gasteiger partial charge in [0.1, 0.15) is 0 Å². The molecule has 0 fully saturated rings. The molecule has 0 amide bonds. The van der Waals surface area contributed by atoms with E-state index in [9.17, 15) is 0 Å². The van der Waals surface area contributed by atoms with Gasteiger partial charge in [-0.3, -0.25) is 4.99 Å². The van der Waals surface area contributed by atoms with Gasteiger partial charge in [-0.1, -0.05) is 25.8 Å². The summed E-state index contributed by atoms with van der Waals surface area (Å²) in [6.07, 6.45) is 7.52. The highest BCUT2D eigenvalue weighted by Crippen LogP contribution is 1.90. The van der Waals surface area contributed by atoms with Crippen molar-refractivity contribution in [2.45, 2.75) is 26.2 Å². The highest BCUT2D eigenvalue weighted by molar-refractivity contribution is 5.57. The van der Waals surface area contributed by atoms with Crippen LogP contribution in [0, 0.1) is 0 Å². The Balaban J connectivity index is 0.000000255. The smallest absolute Gasteiger partial charge is 0.0854 e. The van der Waals surface area contributed by atoms with Crippen molar-refractivity contribution in [3.8, 4) is 0 Å². The van der Waals surface area contributed by atoms with Gasteiger partial charge in [-0.25, -0.2) is 0 Å². The van der Waals surface area contributed by atoms with E-state index >= 15 is 0 Å². The number of hydrogen-bond donors (Lipinski definition) is 1. The summed E-state index contributed by atoms with van der Waals surface area (Å²) in [5.74, 6) is 0. The average Bonchev–Trinajstić information content (AvgIpc) is 2.69. The topological polar surface area (TPSA) is 41.6 Å². The predicted octanol–water partition coefficient (Wildman–Crippen LogP) is 1.65. The summed E-state index contributed by atoms with van der Waals surface area (Å²) in [7, 11) is 0. The van der Waals surface area contributed by atoms with Crippen molar-refractivity contribution in [1.82, 2.24) is 4.90 Å². The van der Waals surface area contributed by atoms with Crippen molar-refractivity contribution in [3.63, 3.8) is 0 Å². The Labute approximate surface area is 87.7 Å². The fraction of sp³-hybridized carbons (Fsp3) is 0.727. The molecule has 0 atom stereocenters. The van der Waals surface area contributed by atoms with E-state index in [1.165, 1.54) is 19.3 Å². The third kappa shape index (κ3) is 7.80. The van der Waals surface area contributed by atoms with Crippen molar-refractivity contribution in [3.05, 3.63) is 12.7 Å². The number of nitrogens with two attached hydrogens (primary N) is 1. The highest BCUT2D eigenvalue weighted by atomic mass is 15.2. The number of unbranched alkanes of at least 4 members (excludes halogenated alkanes) is 2. The summed E-state index contributed by atoms with van der Waals surface area (Å²) in [6.45, 7) is 9.60. The molecule has 0 aromatic carbocycles. The predicted molar refractivity (Wildman–Crippen MR) is 63.7 cm³/mol. The molecule has 1 aliphatic rings. The molecular weight excluding hydrogens is 174 g/mol. The first-order valence-electron chi connectivity index (χ1n) is 5.40. The summed E-state index contributed by atoms with van der Waals surface area (Å²) in [4.78, 5) is 6.17. The summed E-state index contributed by atoms with van der Waals surface area (Å²) in [5, 5.41) is 0. The highest BCUT2D eigenvalue weighted by Gasteiger charge is 1.99. The molecule has 0 saturated carbocycles. The molecule has 0 radical (unpaired) electrons. The molecule has 1 rings (SSSR count). The van der Waals surface area contributed by atoms with Crippen molar-refractivity contribution in [2.24, 2.45) is 10.7 Å². The van der Waals surface area contributed by atoms with Gasteiger partial charge in [0.15, 0.2) is 0 Å². The monoisotopic (exact) mass is 197 g/mol. The molecule has 14 heavy (non-hydrogen) atoms. The maximum atomic E-state index is 5.21. The van der Waals surface area contributed by atoms with Gasteiger partial charge in [0, 0.05) is 13.1 Å². The van der Waals surface area contributed by atoms with Crippen LogP contribution in [0.4, 0.5) is 0 Å². The van der Waals surface area contributed by atoms with Gasteiger partial charge in [0.25, 0.3) is 0 Å². The van der Waals surface area contributed by atoms with Crippen LogP contribution in [0.3, 0.4) is 0 Å². The van der Waals surface area contributed by atoms with Gasteiger partial charge >= 0.3 is 0 Å². The normalized spacial score (nSPS) is 13.7. The molecule has 1 heterocycles. The molecule has 0 aromatic heterocycles. The zero-order chi connectivity index (χ0) is 10.6. The van der Waals surface area contributed by atoms with Gasteiger partial charge in [0.2, 0.25) is 0 Å². The zero-order valence-corrected chi connectivity index (χ0v) is 9.28. The molecule has 0 spiro atoms. The molecule has 3 nitrogen and oxygen atoms in total. The lowest BCUT2D eigenvalue weighted by atomic mass is 10.3. The van der Waals surface area contributed by atoms with E-state index in [1.807, 2.05) is 12.4 Å². The Kier molecular flexibility index (Phi) is 9.64. The minimum Gasteiger partial charge on any atom is -0.357 e. The minimum atomic E-state index is 0.855. The zero-order valence-electron chi connectivity index (χ0n) is 9.28. The molecule has 0 bridgehead atoms. The fourth-order valence-electron chi connectivity index (χ4n) is 1.12. The van der Waals surface area contributed by atoms with Gasteiger partial charge in [-0.15, -0.1) is 6.58 Å². The molecule has 0 aromatic rings. The number of nitrogens with zero attached hydrogens (tertiary/aromatic N) is 2. The van der Waals surface area contributed by atoms with E-state index < -0.39 is 0 Å². The third-order valence-corrected chi connectivity index (χ3v) is 1.93. The van der Waals surface area contributed by atoms with Crippen molar-refractivity contribution >= 4 is 6.34 Å². The SMILES string of the molecule is C=CCN1C=NCC1.CCCCCN. The van der Waals surface area contributed by atoms with E-state index in [0.29, 0.717) is 0 Å². The number of hydrogen-bond acceptors (Lipinski definition) is 3. The minimum absolute atomic E-state index is 0.855. The molecule has 82 valence electrons. The van der Waals surface area contributed by atoms with Gasteiger partial charge < -0.3 is 10.6 Å². The Morgan fingerprint density at radius 1 is 1.57 bits per heavy atom. The second kappa shape index (κ2) is 10.3. The van der Waals surface area contributed by atoms with E-state index in [1.54, 1.807) is 0 Å². The molecule has 3 heteroatoms. The van der Waals surface area contributed by atoms with Gasteiger partial charge in [-0.2, -0.15) is 0 Å². The summed E-state index contributed by atoms with van der Waals surface area (Å²) < 4.78 is 0. The first kappa shape index (κ1) is 13.2. The lowest BCUT2D eigenvalue weighted by Gasteiger charge is -2.08. The fourth-order valence-corrected chi connectivity index (χ4v) is 1.12. The van der Waals surface area contributed by atoms with Crippen LogP contribution in [0.1, 0.15) is 26.2 Å². The Bertz CT molecular complexity index is 151. The van der Waals surface area contributed by atoms with E-state index in [-0.39, 0.29) is 0 Å². The Morgan fingerprint density at radius 2 is 2.36 bits per heavy atom. The average molecular weight is 197 g/mol. The molecule has 0 saturated heterocycles. The first-order valence-corrected chi connectivity index (χ1v) is 5.40. The van der Waals surface area contributed by atoms with Gasteiger partial charge in [-0.05, 0) is 13.0 Å². The van der Waals surface area contributed by atoms with E-state index in [2.05, 4.69) is 23.4 Å². The maximum absolute atomic E-state index is 5.21. The van der Waals surface area contributed by atoms with Crippen LogP contribution in [0.2, 0.25) is 0 Å². The van der Waals surface area contributed by atoms with Crippen LogP contribution in [-0.2, 0) is 0 Å². The molecule has 0 unspecified atom stereocenters. The van der Waals surface area contributed by atoms with Crippen LogP contribution in [-0.4, -0.2) is 37.4 Å². The lowest BCUT2D eigenvalue weighted by Crippen LogP contribution is -2.18. The van der Waals surface area contributed by atoms with Crippen LogP contribution in [0.25, 0.3) is 0 Å². The van der Waals surface area contributed by atoms with E-state index in [0.717, 1.165) is 26.2 Å². The Hall–Kier alpha value is -0.830. The maximum Gasteiger partial charge on any atom is 0.0854 e. The molecule has 1 aliphatic heterocycles. The first-order chi connectivity index (χ1) is 6.85. The van der Waals surface area contributed by atoms with Crippen molar-refractivity contribution in [1.29, 1.82) is 0 Å². The van der Waals surface area contributed by atoms with E-state index in [4.69, 9.17) is 5.73 Å². The number of aliphatic imine (C=N–C) groups is 1. The van der Waals surface area contributed by atoms with Crippen molar-refractivity contribution < 1.29 is 0 Å². The summed E-state index contributed by atoms with van der Waals surface area (Å²) in [5.41, 5.74) is 5.21.